The van der Waals surface area contributed by atoms with Gasteiger partial charge in [0.15, 0.2) is 6.61 Å². The number of carbonyl (C=O) groups is 2. The molecule has 0 saturated heterocycles. The van der Waals surface area contributed by atoms with E-state index in [1.807, 2.05) is 30.3 Å². The number of sulfonamides is 1. The van der Waals surface area contributed by atoms with E-state index in [0.717, 1.165) is 5.56 Å². The third kappa shape index (κ3) is 6.97. The third-order valence-corrected chi connectivity index (χ3v) is 5.70. The quantitative estimate of drug-likeness (QED) is 0.590. The molecule has 0 atom stereocenters. The van der Waals surface area contributed by atoms with Gasteiger partial charge in [-0.25, -0.2) is 13.2 Å². The molecule has 1 amide bonds. The Kier molecular flexibility index (Phi) is 8.32. The minimum absolute atomic E-state index is 0.108. The van der Waals surface area contributed by atoms with Crippen LogP contribution in [0.5, 0.6) is 0 Å². The molecule has 2 rings (SSSR count). The summed E-state index contributed by atoms with van der Waals surface area (Å²) in [6, 6.07) is 15.0. The molecule has 8 nitrogen and oxygen atoms in total. The summed E-state index contributed by atoms with van der Waals surface area (Å²) in [7, 11) is -2.17. The van der Waals surface area contributed by atoms with Gasteiger partial charge in [-0.3, -0.25) is 4.79 Å². The standard InChI is InChI=1S/C20H24N2O6S/c1-3-27-15-20(24)28-14-19(23)21-17-9-11-18(12-10-17)29(25,26)22(2)13-16-7-5-4-6-8-16/h4-12H,3,13-15H2,1-2H3,(H,21,23). The van der Waals surface area contributed by atoms with E-state index in [9.17, 15) is 18.0 Å². The number of rotatable bonds is 10. The molecule has 0 aromatic heterocycles. The van der Waals surface area contributed by atoms with Gasteiger partial charge in [-0.2, -0.15) is 4.31 Å². The maximum absolute atomic E-state index is 12.7. The maximum atomic E-state index is 12.7. The number of ether oxygens (including phenoxy) is 2. The van der Waals surface area contributed by atoms with Crippen LogP contribution < -0.4 is 5.32 Å². The van der Waals surface area contributed by atoms with Crippen LogP contribution in [0.3, 0.4) is 0 Å². The molecule has 156 valence electrons. The molecule has 0 spiro atoms. The van der Waals surface area contributed by atoms with Gasteiger partial charge in [0, 0.05) is 25.9 Å². The molecule has 9 heteroatoms. The van der Waals surface area contributed by atoms with Crippen molar-refractivity contribution in [3.63, 3.8) is 0 Å². The molecule has 2 aromatic carbocycles. The molecule has 1 N–H and O–H groups in total. The highest BCUT2D eigenvalue weighted by Crippen LogP contribution is 2.19. The second-order valence-corrected chi connectivity index (χ2v) is 8.16. The molecule has 0 radical (unpaired) electrons. The largest absolute Gasteiger partial charge is 0.454 e. The van der Waals surface area contributed by atoms with Crippen molar-refractivity contribution in [2.24, 2.45) is 0 Å². The summed E-state index contributed by atoms with van der Waals surface area (Å²) < 4.78 is 36.3. The van der Waals surface area contributed by atoms with Crippen LogP contribution in [0.4, 0.5) is 5.69 Å². The van der Waals surface area contributed by atoms with E-state index in [2.05, 4.69) is 5.32 Å². The topological polar surface area (TPSA) is 102 Å². The lowest BCUT2D eigenvalue weighted by Crippen LogP contribution is -2.26. The Morgan fingerprint density at radius 1 is 1.00 bits per heavy atom. The van der Waals surface area contributed by atoms with E-state index in [1.54, 1.807) is 6.92 Å². The van der Waals surface area contributed by atoms with Crippen molar-refractivity contribution in [3.8, 4) is 0 Å². The minimum atomic E-state index is -3.68. The van der Waals surface area contributed by atoms with Crippen LogP contribution in [-0.2, 0) is 35.6 Å². The van der Waals surface area contributed by atoms with Gasteiger partial charge in [0.1, 0.15) is 6.61 Å². The fourth-order valence-corrected chi connectivity index (χ4v) is 3.54. The fraction of sp³-hybridized carbons (Fsp3) is 0.300. The molecule has 0 saturated carbocycles. The Balaban J connectivity index is 1.93. The molecule has 0 unspecified atom stereocenters. The molecule has 29 heavy (non-hydrogen) atoms. The summed E-state index contributed by atoms with van der Waals surface area (Å²) in [5.41, 5.74) is 1.27. The van der Waals surface area contributed by atoms with Crippen LogP contribution in [0.2, 0.25) is 0 Å². The highest BCUT2D eigenvalue weighted by molar-refractivity contribution is 7.89. The highest BCUT2D eigenvalue weighted by atomic mass is 32.2. The highest BCUT2D eigenvalue weighted by Gasteiger charge is 2.21. The number of anilines is 1. The van der Waals surface area contributed by atoms with Gasteiger partial charge in [-0.1, -0.05) is 30.3 Å². The molecular weight excluding hydrogens is 396 g/mol. The number of nitrogens with one attached hydrogen (secondary N) is 1. The van der Waals surface area contributed by atoms with Crippen molar-refractivity contribution in [2.75, 3.05) is 32.2 Å². The van der Waals surface area contributed by atoms with Crippen molar-refractivity contribution in [1.29, 1.82) is 0 Å². The van der Waals surface area contributed by atoms with Gasteiger partial charge in [-0.15, -0.1) is 0 Å². The number of benzene rings is 2. The number of nitrogens with zero attached hydrogens (tertiary/aromatic N) is 1. The van der Waals surface area contributed by atoms with E-state index in [4.69, 9.17) is 9.47 Å². The summed E-state index contributed by atoms with van der Waals surface area (Å²) in [6.45, 7) is 1.69. The predicted octanol–water partition coefficient (Wildman–Crippen LogP) is 2.03. The first kappa shape index (κ1) is 22.5. The second-order valence-electron chi connectivity index (χ2n) is 6.12. The van der Waals surface area contributed by atoms with Gasteiger partial charge < -0.3 is 14.8 Å². The van der Waals surface area contributed by atoms with Crippen molar-refractivity contribution >= 4 is 27.6 Å². The number of carbonyl (C=O) groups excluding carboxylic acids is 2. The monoisotopic (exact) mass is 420 g/mol. The summed E-state index contributed by atoms with van der Waals surface area (Å²) in [6.07, 6.45) is 0. The third-order valence-electron chi connectivity index (χ3n) is 3.88. The number of hydrogen-bond acceptors (Lipinski definition) is 6. The molecular formula is C20H24N2O6S. The SMILES string of the molecule is CCOCC(=O)OCC(=O)Nc1ccc(S(=O)(=O)N(C)Cc2ccccc2)cc1. The van der Waals surface area contributed by atoms with Gasteiger partial charge in [0.05, 0.1) is 4.90 Å². The van der Waals surface area contributed by atoms with Crippen LogP contribution in [0.25, 0.3) is 0 Å². The Morgan fingerprint density at radius 2 is 1.66 bits per heavy atom. The number of hydrogen-bond donors (Lipinski definition) is 1. The molecule has 0 aliphatic heterocycles. The second kappa shape index (κ2) is 10.7. The maximum Gasteiger partial charge on any atom is 0.332 e. The molecule has 0 aliphatic carbocycles. The fourth-order valence-electron chi connectivity index (χ4n) is 2.39. The molecule has 0 bridgehead atoms. The summed E-state index contributed by atoms with van der Waals surface area (Å²) in [5, 5.41) is 2.54. The molecule has 0 fully saturated rings. The van der Waals surface area contributed by atoms with Crippen molar-refractivity contribution < 1.29 is 27.5 Å². The van der Waals surface area contributed by atoms with Crippen LogP contribution in [-0.4, -0.2) is 51.5 Å². The van der Waals surface area contributed by atoms with Crippen molar-refractivity contribution in [1.82, 2.24) is 4.31 Å². The lowest BCUT2D eigenvalue weighted by Gasteiger charge is -2.17. The smallest absolute Gasteiger partial charge is 0.332 e. The van der Waals surface area contributed by atoms with Crippen LogP contribution in [0.1, 0.15) is 12.5 Å². The number of esters is 1. The lowest BCUT2D eigenvalue weighted by molar-refractivity contribution is -0.151. The minimum Gasteiger partial charge on any atom is -0.454 e. The normalized spacial score (nSPS) is 11.3. The first-order valence-corrected chi connectivity index (χ1v) is 10.4. The van der Waals surface area contributed by atoms with Gasteiger partial charge in [0.2, 0.25) is 10.0 Å². The average Bonchev–Trinajstić information content (AvgIpc) is 2.71. The Hall–Kier alpha value is -2.75. The molecule has 0 heterocycles. The van der Waals surface area contributed by atoms with Gasteiger partial charge in [-0.05, 0) is 36.8 Å². The van der Waals surface area contributed by atoms with Crippen molar-refractivity contribution in [2.45, 2.75) is 18.4 Å². The Morgan fingerprint density at radius 3 is 2.28 bits per heavy atom. The summed E-state index contributed by atoms with van der Waals surface area (Å²) in [4.78, 5) is 23.2. The molecule has 2 aromatic rings. The first-order chi connectivity index (χ1) is 13.8. The zero-order valence-electron chi connectivity index (χ0n) is 16.3. The zero-order chi connectivity index (χ0) is 21.3. The predicted molar refractivity (Wildman–Crippen MR) is 108 cm³/mol. The Bertz CT molecular complexity index is 914. The summed E-state index contributed by atoms with van der Waals surface area (Å²) in [5.74, 6) is -1.17. The van der Waals surface area contributed by atoms with Crippen LogP contribution >= 0.6 is 0 Å². The van der Waals surface area contributed by atoms with Crippen LogP contribution in [0, 0.1) is 0 Å². The first-order valence-electron chi connectivity index (χ1n) is 8.96. The van der Waals surface area contributed by atoms with Crippen molar-refractivity contribution in [3.05, 3.63) is 60.2 Å². The average molecular weight is 420 g/mol. The van der Waals surface area contributed by atoms with E-state index in [-0.39, 0.29) is 18.0 Å². The number of amides is 1. The van der Waals surface area contributed by atoms with Gasteiger partial charge in [0.25, 0.3) is 5.91 Å². The Labute approximate surface area is 170 Å². The van der Waals surface area contributed by atoms with E-state index in [0.29, 0.717) is 12.3 Å². The van der Waals surface area contributed by atoms with E-state index < -0.39 is 28.5 Å². The van der Waals surface area contributed by atoms with E-state index >= 15 is 0 Å². The van der Waals surface area contributed by atoms with E-state index in [1.165, 1.54) is 35.6 Å². The van der Waals surface area contributed by atoms with Gasteiger partial charge >= 0.3 is 5.97 Å². The molecule has 0 aliphatic rings. The zero-order valence-corrected chi connectivity index (χ0v) is 17.1. The lowest BCUT2D eigenvalue weighted by atomic mass is 10.2. The summed E-state index contributed by atoms with van der Waals surface area (Å²) >= 11 is 0. The van der Waals surface area contributed by atoms with Crippen LogP contribution in [0.15, 0.2) is 59.5 Å².